The van der Waals surface area contributed by atoms with Crippen LogP contribution in [0.3, 0.4) is 0 Å². The lowest BCUT2D eigenvalue weighted by molar-refractivity contribution is -0.132. The van der Waals surface area contributed by atoms with Gasteiger partial charge in [-0.2, -0.15) is 0 Å². The first-order valence-corrected chi connectivity index (χ1v) is 7.87. The second kappa shape index (κ2) is 7.19. The predicted molar refractivity (Wildman–Crippen MR) is 88.6 cm³/mol. The van der Waals surface area contributed by atoms with E-state index < -0.39 is 0 Å². The van der Waals surface area contributed by atoms with Crippen LogP contribution in [0.15, 0.2) is 18.2 Å². The van der Waals surface area contributed by atoms with Crippen molar-refractivity contribution in [3.63, 3.8) is 0 Å². The van der Waals surface area contributed by atoms with Gasteiger partial charge < -0.3 is 10.2 Å². The third kappa shape index (κ3) is 3.65. The topological polar surface area (TPSA) is 32.3 Å². The molecule has 2 unspecified atom stereocenters. The number of hydrogen-bond acceptors (Lipinski definition) is 2. The first-order valence-electron chi connectivity index (χ1n) is 7.12. The van der Waals surface area contributed by atoms with Gasteiger partial charge in [-0.1, -0.05) is 35.3 Å². The Morgan fingerprint density at radius 2 is 2.05 bits per heavy atom. The molecule has 6 heteroatoms. The van der Waals surface area contributed by atoms with Crippen molar-refractivity contribution in [1.29, 1.82) is 0 Å². The molecule has 1 aromatic rings. The van der Waals surface area contributed by atoms with Crippen LogP contribution in [0.5, 0.6) is 0 Å². The third-order valence-corrected chi connectivity index (χ3v) is 4.97. The van der Waals surface area contributed by atoms with Crippen molar-refractivity contribution in [1.82, 2.24) is 10.2 Å². The molecule has 1 aliphatic carbocycles. The van der Waals surface area contributed by atoms with Crippen molar-refractivity contribution in [3.8, 4) is 0 Å². The minimum Gasteiger partial charge on any atom is -0.341 e. The molecule has 0 bridgehead atoms. The Morgan fingerprint density at radius 1 is 1.24 bits per heavy atom. The van der Waals surface area contributed by atoms with Gasteiger partial charge in [-0.05, 0) is 36.9 Å². The van der Waals surface area contributed by atoms with E-state index in [0.29, 0.717) is 10.0 Å². The number of nitrogens with zero attached hydrogens (tertiary/aromatic N) is 1. The molecule has 1 saturated heterocycles. The van der Waals surface area contributed by atoms with Crippen molar-refractivity contribution in [2.24, 2.45) is 5.92 Å². The van der Waals surface area contributed by atoms with Gasteiger partial charge in [0.05, 0.1) is 10.0 Å². The zero-order chi connectivity index (χ0) is 14.1. The van der Waals surface area contributed by atoms with Gasteiger partial charge in [0.2, 0.25) is 5.91 Å². The van der Waals surface area contributed by atoms with Crippen LogP contribution in [0.2, 0.25) is 10.0 Å². The predicted octanol–water partition coefficient (Wildman–Crippen LogP) is 3.34. The molecule has 2 aliphatic rings. The minimum absolute atomic E-state index is 0. The van der Waals surface area contributed by atoms with Gasteiger partial charge in [-0.25, -0.2) is 0 Å². The second-order valence-corrected chi connectivity index (χ2v) is 6.31. The van der Waals surface area contributed by atoms with Crippen LogP contribution in [-0.4, -0.2) is 37.0 Å². The molecule has 3 rings (SSSR count). The number of nitrogens with one attached hydrogen (secondary N) is 1. The number of carbonyl (C=O) groups excluding carboxylic acids is 1. The van der Waals surface area contributed by atoms with Crippen LogP contribution in [0.1, 0.15) is 24.3 Å². The molecule has 1 heterocycles. The van der Waals surface area contributed by atoms with Crippen molar-refractivity contribution < 1.29 is 4.79 Å². The molecule has 2 atom stereocenters. The van der Waals surface area contributed by atoms with Gasteiger partial charge in [0.1, 0.15) is 0 Å². The number of rotatable bonds is 2. The fraction of sp³-hybridized carbons (Fsp3) is 0.533. The summed E-state index contributed by atoms with van der Waals surface area (Å²) in [5.74, 6) is 0.601. The Hall–Kier alpha value is -0.480. The lowest BCUT2D eigenvalue weighted by Gasteiger charge is -2.20. The van der Waals surface area contributed by atoms with Crippen LogP contribution in [0, 0.1) is 5.92 Å². The molecule has 1 aliphatic heterocycles. The lowest BCUT2D eigenvalue weighted by Crippen LogP contribution is -2.35. The van der Waals surface area contributed by atoms with E-state index in [1.807, 2.05) is 17.0 Å². The Balaban J connectivity index is 0.00000161. The maximum absolute atomic E-state index is 12.5. The molecule has 1 amide bonds. The average Bonchev–Trinajstić information content (AvgIpc) is 3.24. The lowest BCUT2D eigenvalue weighted by atomic mass is 10.1. The highest BCUT2D eigenvalue weighted by Gasteiger charge is 2.46. The van der Waals surface area contributed by atoms with Crippen LogP contribution in [0.4, 0.5) is 0 Å². The smallest absolute Gasteiger partial charge is 0.226 e. The molecular formula is C15H19Cl3N2O. The van der Waals surface area contributed by atoms with Gasteiger partial charge >= 0.3 is 0 Å². The van der Waals surface area contributed by atoms with Gasteiger partial charge in [-0.15, -0.1) is 12.4 Å². The number of hydrogen-bond donors (Lipinski definition) is 1. The maximum Gasteiger partial charge on any atom is 0.226 e. The van der Waals surface area contributed by atoms with Gasteiger partial charge in [0.15, 0.2) is 0 Å². The molecule has 0 aromatic heterocycles. The minimum atomic E-state index is 0. The largest absolute Gasteiger partial charge is 0.341 e. The summed E-state index contributed by atoms with van der Waals surface area (Å²) in [6.07, 6.45) is 1.92. The number of benzene rings is 1. The summed E-state index contributed by atoms with van der Waals surface area (Å²) < 4.78 is 0. The summed E-state index contributed by atoms with van der Waals surface area (Å²) in [7, 11) is 0. The average molecular weight is 350 g/mol. The Morgan fingerprint density at radius 3 is 2.86 bits per heavy atom. The van der Waals surface area contributed by atoms with E-state index in [1.54, 1.807) is 6.07 Å². The Bertz CT molecular complexity index is 516. The first kappa shape index (κ1) is 16.9. The van der Waals surface area contributed by atoms with E-state index in [0.717, 1.165) is 44.6 Å². The molecule has 2 fully saturated rings. The molecule has 0 spiro atoms. The van der Waals surface area contributed by atoms with Gasteiger partial charge in [0.25, 0.3) is 0 Å². The monoisotopic (exact) mass is 348 g/mol. The highest BCUT2D eigenvalue weighted by molar-refractivity contribution is 6.42. The molecule has 1 aromatic carbocycles. The molecule has 1 saturated carbocycles. The number of carbonyl (C=O) groups is 1. The Kier molecular flexibility index (Phi) is 5.78. The van der Waals surface area contributed by atoms with Crippen molar-refractivity contribution in [2.75, 3.05) is 26.2 Å². The molecular weight excluding hydrogens is 331 g/mol. The summed E-state index contributed by atoms with van der Waals surface area (Å²) in [6.45, 7) is 3.56. The normalized spacial score (nSPS) is 25.0. The van der Waals surface area contributed by atoms with Crippen molar-refractivity contribution in [2.45, 2.75) is 18.8 Å². The molecule has 0 radical (unpaired) electrons. The third-order valence-electron chi connectivity index (χ3n) is 4.14. The van der Waals surface area contributed by atoms with Crippen LogP contribution in [-0.2, 0) is 4.79 Å². The van der Waals surface area contributed by atoms with E-state index in [4.69, 9.17) is 23.2 Å². The quantitative estimate of drug-likeness (QED) is 0.888. The fourth-order valence-corrected chi connectivity index (χ4v) is 3.37. The van der Waals surface area contributed by atoms with E-state index in [2.05, 4.69) is 5.32 Å². The van der Waals surface area contributed by atoms with Gasteiger partial charge in [-0.3, -0.25) is 4.79 Å². The highest BCUT2D eigenvalue weighted by atomic mass is 35.5. The summed E-state index contributed by atoms with van der Waals surface area (Å²) in [5.41, 5.74) is 1.02. The maximum atomic E-state index is 12.5. The highest BCUT2D eigenvalue weighted by Crippen LogP contribution is 2.51. The molecule has 1 N–H and O–H groups in total. The van der Waals surface area contributed by atoms with Gasteiger partial charge in [0, 0.05) is 25.6 Å². The first-order chi connectivity index (χ1) is 9.68. The number of halogens is 3. The second-order valence-electron chi connectivity index (χ2n) is 5.52. The van der Waals surface area contributed by atoms with E-state index in [9.17, 15) is 4.79 Å². The number of amides is 1. The van der Waals surface area contributed by atoms with Crippen molar-refractivity contribution >= 4 is 41.5 Å². The summed E-state index contributed by atoms with van der Waals surface area (Å²) in [6, 6.07) is 5.67. The van der Waals surface area contributed by atoms with Crippen LogP contribution < -0.4 is 5.32 Å². The van der Waals surface area contributed by atoms with E-state index in [-0.39, 0.29) is 30.2 Å². The molecule has 21 heavy (non-hydrogen) atoms. The molecule has 116 valence electrons. The molecule has 3 nitrogen and oxygen atoms in total. The summed E-state index contributed by atoms with van der Waals surface area (Å²) in [4.78, 5) is 14.5. The Labute approximate surface area is 141 Å². The zero-order valence-electron chi connectivity index (χ0n) is 11.6. The fourth-order valence-electron chi connectivity index (χ4n) is 2.92. The standard InChI is InChI=1S/C15H18Cl2N2O.ClH/c16-13-4-1-3-10(14(13)17)11-9-12(11)15(20)19-7-2-5-18-6-8-19;/h1,3-4,11-12,18H,2,5-9H2;1H. The summed E-state index contributed by atoms with van der Waals surface area (Å²) >= 11 is 12.3. The zero-order valence-corrected chi connectivity index (χ0v) is 14.0. The van der Waals surface area contributed by atoms with E-state index >= 15 is 0 Å². The van der Waals surface area contributed by atoms with Crippen molar-refractivity contribution in [3.05, 3.63) is 33.8 Å². The summed E-state index contributed by atoms with van der Waals surface area (Å²) in [5, 5.41) is 4.49. The van der Waals surface area contributed by atoms with E-state index in [1.165, 1.54) is 0 Å². The van der Waals surface area contributed by atoms with Crippen LogP contribution >= 0.6 is 35.6 Å². The SMILES string of the molecule is Cl.O=C(C1CC1c1cccc(Cl)c1Cl)N1CCCNCC1. The van der Waals surface area contributed by atoms with Crippen LogP contribution in [0.25, 0.3) is 0 Å².